The molecule has 1 aliphatic carbocycles. The molecule has 1 saturated carbocycles. The molecule has 0 spiro atoms. The lowest BCUT2D eigenvalue weighted by molar-refractivity contribution is -0.133. The molecule has 2 unspecified atom stereocenters. The van der Waals surface area contributed by atoms with Gasteiger partial charge in [0.25, 0.3) is 0 Å². The third kappa shape index (κ3) is 2.73. The molecule has 1 saturated heterocycles. The van der Waals surface area contributed by atoms with Crippen LogP contribution in [0.1, 0.15) is 23.7 Å². The van der Waals surface area contributed by atoms with E-state index >= 15 is 0 Å². The van der Waals surface area contributed by atoms with E-state index in [0.717, 1.165) is 31.1 Å². The van der Waals surface area contributed by atoms with E-state index in [0.29, 0.717) is 18.7 Å². The van der Waals surface area contributed by atoms with Gasteiger partial charge < -0.3 is 14.2 Å². The zero-order chi connectivity index (χ0) is 16.5. The fourth-order valence-electron chi connectivity index (χ4n) is 3.34. The maximum absolute atomic E-state index is 12.6. The first-order valence-electron chi connectivity index (χ1n) is 8.19. The predicted octanol–water partition coefficient (Wildman–Crippen LogP) is 2.00. The van der Waals surface area contributed by atoms with E-state index in [-0.39, 0.29) is 17.7 Å². The molecule has 0 N–H and O–H groups in total. The quantitative estimate of drug-likeness (QED) is 0.864. The second-order valence-corrected chi connectivity index (χ2v) is 6.29. The first kappa shape index (κ1) is 14.8. The first-order valence-corrected chi connectivity index (χ1v) is 8.19. The minimum atomic E-state index is 0.0720. The number of anilines is 1. The van der Waals surface area contributed by atoms with Crippen LogP contribution in [0.25, 0.3) is 0 Å². The molecule has 2 atom stereocenters. The highest BCUT2D eigenvalue weighted by Gasteiger charge is 2.47. The van der Waals surface area contributed by atoms with Crippen LogP contribution in [-0.2, 0) is 4.79 Å². The third-order valence-electron chi connectivity index (χ3n) is 4.81. The molecule has 0 bridgehead atoms. The van der Waals surface area contributed by atoms with Crippen LogP contribution in [0.3, 0.4) is 0 Å². The van der Waals surface area contributed by atoms with Gasteiger partial charge in [0.15, 0.2) is 0 Å². The number of nitriles is 1. The molecule has 3 heterocycles. The van der Waals surface area contributed by atoms with Gasteiger partial charge in [-0.25, -0.2) is 4.98 Å². The van der Waals surface area contributed by atoms with Crippen LogP contribution in [0.2, 0.25) is 0 Å². The molecule has 6 nitrogen and oxygen atoms in total. The first-order chi connectivity index (χ1) is 11.8. The van der Waals surface area contributed by atoms with E-state index in [1.165, 1.54) is 0 Å². The van der Waals surface area contributed by atoms with Gasteiger partial charge in [0.2, 0.25) is 5.91 Å². The summed E-state index contributed by atoms with van der Waals surface area (Å²) in [6.45, 7) is 2.87. The number of furan rings is 1. The van der Waals surface area contributed by atoms with Crippen LogP contribution in [0.5, 0.6) is 0 Å². The number of amides is 1. The highest BCUT2D eigenvalue weighted by atomic mass is 16.3. The number of piperazine rings is 1. The largest absolute Gasteiger partial charge is 0.469 e. The van der Waals surface area contributed by atoms with Crippen molar-refractivity contribution in [1.29, 1.82) is 5.26 Å². The summed E-state index contributed by atoms with van der Waals surface area (Å²) in [5.41, 5.74) is 0.609. The summed E-state index contributed by atoms with van der Waals surface area (Å²) >= 11 is 0. The van der Waals surface area contributed by atoms with E-state index in [1.807, 2.05) is 17.0 Å². The molecule has 2 aliphatic rings. The zero-order valence-electron chi connectivity index (χ0n) is 13.3. The Morgan fingerprint density at radius 1 is 1.29 bits per heavy atom. The number of pyridine rings is 1. The van der Waals surface area contributed by atoms with Gasteiger partial charge in [-0.05, 0) is 30.7 Å². The number of hydrogen-bond acceptors (Lipinski definition) is 5. The number of carbonyl (C=O) groups excluding carboxylic acids is 1. The lowest BCUT2D eigenvalue weighted by atomic mass is 10.2. The molecule has 6 heteroatoms. The van der Waals surface area contributed by atoms with Crippen molar-refractivity contribution < 1.29 is 9.21 Å². The standard InChI is InChI=1S/C18H18N4O2/c19-12-13-3-4-20-17(10-13)21-5-7-22(8-6-21)18(23)15-11-14(15)16-2-1-9-24-16/h1-4,9-10,14-15H,5-8,11H2. The van der Waals surface area contributed by atoms with Crippen LogP contribution in [0.4, 0.5) is 5.82 Å². The van der Waals surface area contributed by atoms with Crippen molar-refractivity contribution in [2.45, 2.75) is 12.3 Å². The topological polar surface area (TPSA) is 73.4 Å². The van der Waals surface area contributed by atoms with E-state index < -0.39 is 0 Å². The van der Waals surface area contributed by atoms with Crippen molar-refractivity contribution in [1.82, 2.24) is 9.88 Å². The van der Waals surface area contributed by atoms with Crippen molar-refractivity contribution in [3.63, 3.8) is 0 Å². The average Bonchev–Trinajstić information content (AvgIpc) is 3.26. The van der Waals surface area contributed by atoms with Crippen LogP contribution >= 0.6 is 0 Å². The second kappa shape index (κ2) is 6.00. The SMILES string of the molecule is N#Cc1ccnc(N2CCN(C(=O)C3CC3c3ccco3)CC2)c1. The monoisotopic (exact) mass is 322 g/mol. The molecule has 24 heavy (non-hydrogen) atoms. The van der Waals surface area contributed by atoms with Gasteiger partial charge in [0, 0.05) is 44.2 Å². The maximum atomic E-state index is 12.6. The number of nitrogens with zero attached hydrogens (tertiary/aromatic N) is 4. The molecular weight excluding hydrogens is 304 g/mol. The van der Waals surface area contributed by atoms with E-state index in [1.54, 1.807) is 24.6 Å². The highest BCUT2D eigenvalue weighted by Crippen LogP contribution is 2.48. The Morgan fingerprint density at radius 3 is 2.83 bits per heavy atom. The minimum Gasteiger partial charge on any atom is -0.469 e. The number of hydrogen-bond donors (Lipinski definition) is 0. The Balaban J connectivity index is 1.35. The molecule has 0 aromatic carbocycles. The van der Waals surface area contributed by atoms with Crippen molar-refractivity contribution in [2.75, 3.05) is 31.1 Å². The third-order valence-corrected chi connectivity index (χ3v) is 4.81. The van der Waals surface area contributed by atoms with Gasteiger partial charge >= 0.3 is 0 Å². The Labute approximate surface area is 140 Å². The molecule has 0 radical (unpaired) electrons. The Hall–Kier alpha value is -2.81. The summed E-state index contributed by atoms with van der Waals surface area (Å²) in [4.78, 5) is 21.0. The molecule has 1 amide bonds. The number of carbonyl (C=O) groups is 1. The van der Waals surface area contributed by atoms with E-state index in [4.69, 9.17) is 9.68 Å². The fourth-order valence-corrected chi connectivity index (χ4v) is 3.34. The molecular formula is C18H18N4O2. The lowest BCUT2D eigenvalue weighted by Gasteiger charge is -2.35. The van der Waals surface area contributed by atoms with Crippen molar-refractivity contribution >= 4 is 11.7 Å². The summed E-state index contributed by atoms with van der Waals surface area (Å²) in [6, 6.07) is 9.45. The summed E-state index contributed by atoms with van der Waals surface area (Å²) in [6.07, 6.45) is 4.21. The fraction of sp³-hybridized carbons (Fsp3) is 0.389. The van der Waals surface area contributed by atoms with E-state index in [9.17, 15) is 4.79 Å². The normalized spacial score (nSPS) is 23.0. The van der Waals surface area contributed by atoms with Crippen LogP contribution in [0.15, 0.2) is 41.1 Å². The average molecular weight is 322 g/mol. The zero-order valence-corrected chi connectivity index (χ0v) is 13.3. The Morgan fingerprint density at radius 2 is 2.12 bits per heavy atom. The summed E-state index contributed by atoms with van der Waals surface area (Å²) in [5.74, 6) is 2.28. The Kier molecular flexibility index (Phi) is 3.69. The summed E-state index contributed by atoms with van der Waals surface area (Å²) < 4.78 is 5.41. The molecule has 2 aromatic heterocycles. The maximum Gasteiger partial charge on any atom is 0.226 e. The lowest BCUT2D eigenvalue weighted by Crippen LogP contribution is -2.49. The van der Waals surface area contributed by atoms with E-state index in [2.05, 4.69) is 16.0 Å². The molecule has 2 fully saturated rings. The van der Waals surface area contributed by atoms with Crippen molar-refractivity contribution in [2.24, 2.45) is 5.92 Å². The molecule has 2 aromatic rings. The van der Waals surface area contributed by atoms with Gasteiger partial charge in [-0.3, -0.25) is 4.79 Å². The van der Waals surface area contributed by atoms with Gasteiger partial charge in [-0.15, -0.1) is 0 Å². The summed E-state index contributed by atoms with van der Waals surface area (Å²) in [5, 5.41) is 8.99. The summed E-state index contributed by atoms with van der Waals surface area (Å²) in [7, 11) is 0. The molecule has 122 valence electrons. The van der Waals surface area contributed by atoms with Gasteiger partial charge in [0.05, 0.1) is 17.9 Å². The van der Waals surface area contributed by atoms with Crippen LogP contribution in [0, 0.1) is 17.2 Å². The van der Waals surface area contributed by atoms with Gasteiger partial charge in [0.1, 0.15) is 11.6 Å². The number of aromatic nitrogens is 1. The Bertz CT molecular complexity index is 773. The predicted molar refractivity (Wildman–Crippen MR) is 87.3 cm³/mol. The van der Waals surface area contributed by atoms with Crippen molar-refractivity contribution in [3.05, 3.63) is 48.0 Å². The van der Waals surface area contributed by atoms with Gasteiger partial charge in [-0.1, -0.05) is 0 Å². The second-order valence-electron chi connectivity index (χ2n) is 6.29. The molecule has 4 rings (SSSR count). The molecule has 1 aliphatic heterocycles. The number of rotatable bonds is 3. The van der Waals surface area contributed by atoms with Gasteiger partial charge in [-0.2, -0.15) is 5.26 Å². The smallest absolute Gasteiger partial charge is 0.226 e. The highest BCUT2D eigenvalue weighted by molar-refractivity contribution is 5.83. The van der Waals surface area contributed by atoms with Crippen LogP contribution < -0.4 is 4.90 Å². The van der Waals surface area contributed by atoms with Crippen LogP contribution in [-0.4, -0.2) is 42.0 Å². The minimum absolute atomic E-state index is 0.0720. The van der Waals surface area contributed by atoms with Crippen molar-refractivity contribution in [3.8, 4) is 6.07 Å².